The summed E-state index contributed by atoms with van der Waals surface area (Å²) in [6.45, 7) is 6.41. The molecule has 31 heavy (non-hydrogen) atoms. The van der Waals surface area contributed by atoms with E-state index in [0.29, 0.717) is 35.9 Å². The molecule has 0 fully saturated rings. The zero-order chi connectivity index (χ0) is 22.0. The number of amides is 1. The van der Waals surface area contributed by atoms with Crippen LogP contribution in [0.1, 0.15) is 33.7 Å². The Morgan fingerprint density at radius 2 is 2.00 bits per heavy atom. The van der Waals surface area contributed by atoms with E-state index >= 15 is 0 Å². The van der Waals surface area contributed by atoms with Crippen LogP contribution in [-0.2, 0) is 17.8 Å². The second-order valence-corrected chi connectivity index (χ2v) is 8.50. The summed E-state index contributed by atoms with van der Waals surface area (Å²) in [7, 11) is 0. The molecule has 3 heterocycles. The first-order chi connectivity index (χ1) is 14.9. The number of anilines is 2. The Morgan fingerprint density at radius 1 is 1.16 bits per heavy atom. The minimum absolute atomic E-state index is 0.143. The molecule has 3 N–H and O–H groups in total. The normalized spacial score (nSPS) is 11.1. The molecule has 0 aliphatic rings. The number of thiophene rings is 1. The second kappa shape index (κ2) is 8.73. The van der Waals surface area contributed by atoms with Crippen LogP contribution in [0, 0.1) is 20.8 Å². The van der Waals surface area contributed by atoms with E-state index in [-0.39, 0.29) is 17.9 Å². The molecule has 1 aromatic carbocycles. The second-order valence-electron chi connectivity index (χ2n) is 7.47. The number of carbonyl (C=O) groups is 1. The Labute approximate surface area is 183 Å². The SMILES string of the molecule is Cc1ccc(NC(=O)CCc2c(C)nc3nc(NCc4cccs4)[nH]n3c2=O)cc1C. The van der Waals surface area contributed by atoms with Gasteiger partial charge in [-0.2, -0.15) is 9.50 Å². The molecule has 0 aliphatic carbocycles. The van der Waals surface area contributed by atoms with Crippen LogP contribution in [0.5, 0.6) is 0 Å². The van der Waals surface area contributed by atoms with E-state index in [9.17, 15) is 9.59 Å². The fraction of sp³-hybridized carbons (Fsp3) is 0.273. The molecular formula is C22H24N6O2S. The van der Waals surface area contributed by atoms with E-state index in [1.807, 2.05) is 49.6 Å². The van der Waals surface area contributed by atoms with E-state index in [4.69, 9.17) is 0 Å². The fourth-order valence-electron chi connectivity index (χ4n) is 3.29. The maximum absolute atomic E-state index is 12.9. The topological polar surface area (TPSA) is 104 Å². The Balaban J connectivity index is 1.46. The van der Waals surface area contributed by atoms with Crippen molar-refractivity contribution < 1.29 is 4.79 Å². The van der Waals surface area contributed by atoms with Crippen molar-refractivity contribution in [3.8, 4) is 0 Å². The first-order valence-electron chi connectivity index (χ1n) is 10.0. The number of nitrogens with one attached hydrogen (secondary N) is 3. The van der Waals surface area contributed by atoms with Crippen LogP contribution in [0.4, 0.5) is 11.6 Å². The largest absolute Gasteiger partial charge is 0.350 e. The molecule has 0 aliphatic heterocycles. The van der Waals surface area contributed by atoms with Gasteiger partial charge in [0.1, 0.15) is 0 Å². The van der Waals surface area contributed by atoms with Gasteiger partial charge >= 0.3 is 0 Å². The van der Waals surface area contributed by atoms with Gasteiger partial charge in [0, 0.05) is 22.5 Å². The molecule has 4 rings (SSSR count). The van der Waals surface area contributed by atoms with Crippen molar-refractivity contribution >= 4 is 34.7 Å². The highest BCUT2D eigenvalue weighted by Crippen LogP contribution is 2.15. The van der Waals surface area contributed by atoms with Crippen LogP contribution in [0.25, 0.3) is 5.78 Å². The summed E-state index contributed by atoms with van der Waals surface area (Å²) in [5, 5.41) is 11.0. The molecule has 0 saturated carbocycles. The average Bonchev–Trinajstić information content (AvgIpc) is 3.38. The summed E-state index contributed by atoms with van der Waals surface area (Å²) in [6, 6.07) is 9.80. The predicted octanol–water partition coefficient (Wildman–Crippen LogP) is 3.59. The van der Waals surface area contributed by atoms with Gasteiger partial charge in [0.15, 0.2) is 0 Å². The van der Waals surface area contributed by atoms with Gasteiger partial charge in [-0.1, -0.05) is 12.1 Å². The number of aryl methyl sites for hydroxylation is 3. The van der Waals surface area contributed by atoms with Crippen molar-refractivity contribution in [1.82, 2.24) is 19.6 Å². The lowest BCUT2D eigenvalue weighted by molar-refractivity contribution is -0.116. The molecule has 160 valence electrons. The number of nitrogens with zero attached hydrogens (tertiary/aromatic N) is 3. The van der Waals surface area contributed by atoms with Crippen LogP contribution >= 0.6 is 11.3 Å². The molecular weight excluding hydrogens is 412 g/mol. The molecule has 4 aromatic rings. The van der Waals surface area contributed by atoms with Crippen molar-refractivity contribution in [2.45, 2.75) is 40.2 Å². The van der Waals surface area contributed by atoms with E-state index < -0.39 is 0 Å². The van der Waals surface area contributed by atoms with E-state index in [1.54, 1.807) is 18.3 Å². The Kier molecular flexibility index (Phi) is 5.85. The molecule has 1 amide bonds. The molecule has 8 nitrogen and oxygen atoms in total. The number of hydrogen-bond donors (Lipinski definition) is 3. The molecule has 0 bridgehead atoms. The first-order valence-corrected chi connectivity index (χ1v) is 10.9. The van der Waals surface area contributed by atoms with Crippen molar-refractivity contribution in [2.75, 3.05) is 10.6 Å². The quantitative estimate of drug-likeness (QED) is 0.411. The lowest BCUT2D eigenvalue weighted by atomic mass is 10.1. The van der Waals surface area contributed by atoms with Crippen molar-refractivity contribution in [2.24, 2.45) is 0 Å². The van der Waals surface area contributed by atoms with Crippen LogP contribution in [0.15, 0.2) is 40.5 Å². The van der Waals surface area contributed by atoms with Crippen molar-refractivity contribution in [3.05, 3.63) is 73.3 Å². The van der Waals surface area contributed by atoms with Gasteiger partial charge in [-0.05, 0) is 61.9 Å². The van der Waals surface area contributed by atoms with Gasteiger partial charge in [-0.25, -0.2) is 4.98 Å². The summed E-state index contributed by atoms with van der Waals surface area (Å²) in [5.41, 5.74) is 3.89. The lowest BCUT2D eigenvalue weighted by Gasteiger charge is -2.08. The van der Waals surface area contributed by atoms with Gasteiger partial charge < -0.3 is 10.6 Å². The molecule has 0 radical (unpaired) electrons. The number of fused-ring (bicyclic) bond motifs is 1. The smallest absolute Gasteiger partial charge is 0.277 e. The van der Waals surface area contributed by atoms with Gasteiger partial charge in [0.2, 0.25) is 11.9 Å². The number of rotatable bonds is 7. The third-order valence-corrected chi connectivity index (χ3v) is 6.07. The minimum Gasteiger partial charge on any atom is -0.350 e. The van der Waals surface area contributed by atoms with Crippen LogP contribution in [-0.4, -0.2) is 25.5 Å². The third kappa shape index (κ3) is 4.66. The molecule has 0 unspecified atom stereocenters. The molecule has 0 atom stereocenters. The molecule has 0 spiro atoms. The molecule has 3 aromatic heterocycles. The van der Waals surface area contributed by atoms with Crippen LogP contribution in [0.3, 0.4) is 0 Å². The summed E-state index contributed by atoms with van der Waals surface area (Å²) < 4.78 is 1.32. The number of H-pyrrole nitrogens is 1. The standard InChI is InChI=1S/C22H24N6O2S/c1-13-6-7-16(11-14(13)2)25-19(29)9-8-18-15(3)24-22-26-21(27-28(22)20(18)30)23-12-17-5-4-10-31-17/h4-7,10-11H,8-9,12H2,1-3H3,(H,25,29)(H2,23,24,26,27). The summed E-state index contributed by atoms with van der Waals surface area (Å²) in [4.78, 5) is 35.3. The third-order valence-electron chi connectivity index (χ3n) is 5.20. The molecule has 9 heteroatoms. The summed E-state index contributed by atoms with van der Waals surface area (Å²) in [6.07, 6.45) is 0.489. The van der Waals surface area contributed by atoms with Crippen molar-refractivity contribution in [1.29, 1.82) is 0 Å². The Bertz CT molecular complexity index is 1290. The van der Waals surface area contributed by atoms with Crippen LogP contribution < -0.4 is 16.2 Å². The van der Waals surface area contributed by atoms with Gasteiger partial charge in [0.25, 0.3) is 11.3 Å². The maximum atomic E-state index is 12.9. The first kappa shape index (κ1) is 20.8. The van der Waals surface area contributed by atoms with Gasteiger partial charge in [-0.15, -0.1) is 11.3 Å². The number of hydrogen-bond acceptors (Lipinski definition) is 6. The summed E-state index contributed by atoms with van der Waals surface area (Å²) >= 11 is 1.64. The Hall–Kier alpha value is -3.46. The maximum Gasteiger partial charge on any atom is 0.277 e. The van der Waals surface area contributed by atoms with Gasteiger partial charge in [-0.3, -0.25) is 14.7 Å². The highest BCUT2D eigenvalue weighted by atomic mass is 32.1. The van der Waals surface area contributed by atoms with Crippen LogP contribution in [0.2, 0.25) is 0 Å². The fourth-order valence-corrected chi connectivity index (χ4v) is 3.93. The molecule has 0 saturated heterocycles. The highest BCUT2D eigenvalue weighted by molar-refractivity contribution is 7.09. The van der Waals surface area contributed by atoms with E-state index in [2.05, 4.69) is 25.7 Å². The lowest BCUT2D eigenvalue weighted by Crippen LogP contribution is -2.23. The predicted molar refractivity (Wildman–Crippen MR) is 123 cm³/mol. The monoisotopic (exact) mass is 436 g/mol. The van der Waals surface area contributed by atoms with Crippen molar-refractivity contribution in [3.63, 3.8) is 0 Å². The minimum atomic E-state index is -0.238. The number of benzene rings is 1. The zero-order valence-corrected chi connectivity index (χ0v) is 18.5. The van der Waals surface area contributed by atoms with Gasteiger partial charge in [0.05, 0.1) is 12.2 Å². The number of aromatic nitrogens is 4. The highest BCUT2D eigenvalue weighted by Gasteiger charge is 2.15. The summed E-state index contributed by atoms with van der Waals surface area (Å²) in [5.74, 6) is 0.636. The Morgan fingerprint density at radius 3 is 2.74 bits per heavy atom. The average molecular weight is 437 g/mol. The van der Waals surface area contributed by atoms with E-state index in [0.717, 1.165) is 16.1 Å². The zero-order valence-electron chi connectivity index (χ0n) is 17.7. The number of aromatic amines is 1. The van der Waals surface area contributed by atoms with E-state index in [1.165, 1.54) is 10.1 Å². The number of carbonyl (C=O) groups excluding carboxylic acids is 1.